The molecule has 0 aromatic carbocycles. The Balaban J connectivity index is 2.06. The fourth-order valence-electron chi connectivity index (χ4n) is 2.47. The Morgan fingerprint density at radius 2 is 2.28 bits per heavy atom. The molecule has 1 aromatic rings. The molecule has 2 rings (SSSR count). The highest BCUT2D eigenvalue weighted by Crippen LogP contribution is 2.25. The van der Waals surface area contributed by atoms with E-state index in [1.165, 1.54) is 6.42 Å². The fourth-order valence-corrected chi connectivity index (χ4v) is 2.70. The van der Waals surface area contributed by atoms with Crippen molar-refractivity contribution < 1.29 is 4.79 Å². The summed E-state index contributed by atoms with van der Waals surface area (Å²) in [6.07, 6.45) is 4.13. The molecule has 1 heterocycles. The van der Waals surface area contributed by atoms with E-state index in [1.807, 2.05) is 13.0 Å². The summed E-state index contributed by atoms with van der Waals surface area (Å²) in [4.78, 5) is 16.3. The first-order chi connectivity index (χ1) is 8.58. The number of rotatable bonds is 3. The normalized spacial score (nSPS) is 23.1. The van der Waals surface area contributed by atoms with Crippen LogP contribution in [0.25, 0.3) is 0 Å². The van der Waals surface area contributed by atoms with Crippen LogP contribution >= 0.6 is 11.6 Å². The quantitative estimate of drug-likeness (QED) is 0.854. The molecule has 1 saturated carbocycles. The van der Waals surface area contributed by atoms with Gasteiger partial charge in [0.05, 0.1) is 0 Å². The van der Waals surface area contributed by atoms with E-state index in [1.54, 1.807) is 6.07 Å². The van der Waals surface area contributed by atoms with Gasteiger partial charge in [0.2, 0.25) is 0 Å². The van der Waals surface area contributed by atoms with Gasteiger partial charge in [-0.1, -0.05) is 25.4 Å². The zero-order chi connectivity index (χ0) is 13.1. The van der Waals surface area contributed by atoms with Crippen molar-refractivity contribution in [3.05, 3.63) is 28.5 Å². The van der Waals surface area contributed by atoms with E-state index in [0.717, 1.165) is 25.0 Å². The minimum absolute atomic E-state index is 0.0342. The average molecular weight is 267 g/mol. The molecule has 1 aromatic heterocycles. The number of pyridine rings is 1. The molecule has 2 unspecified atom stereocenters. The number of hydrogen-bond donors (Lipinski definition) is 1. The van der Waals surface area contributed by atoms with Crippen molar-refractivity contribution in [2.24, 2.45) is 5.92 Å². The molecule has 0 spiro atoms. The van der Waals surface area contributed by atoms with Crippen LogP contribution in [0.4, 0.5) is 0 Å². The van der Waals surface area contributed by atoms with E-state index in [4.69, 9.17) is 11.6 Å². The van der Waals surface area contributed by atoms with Gasteiger partial charge in [-0.3, -0.25) is 4.79 Å². The predicted octanol–water partition coefficient (Wildman–Crippen LogP) is 3.22. The van der Waals surface area contributed by atoms with Crippen LogP contribution in [-0.4, -0.2) is 16.9 Å². The number of halogens is 1. The fraction of sp³-hybridized carbons (Fsp3) is 0.571. The number of nitrogens with zero attached hydrogens (tertiary/aromatic N) is 1. The third-order valence-corrected chi connectivity index (χ3v) is 3.70. The summed E-state index contributed by atoms with van der Waals surface area (Å²) in [5.41, 5.74) is 1.47. The summed E-state index contributed by atoms with van der Waals surface area (Å²) in [7, 11) is 0. The maximum absolute atomic E-state index is 12.1. The largest absolute Gasteiger partial charge is 0.349 e. The standard InChI is InChI=1S/C14H19ClN2O/c1-3-11-7-10(8-13(15)16-11)14(18)17-12-5-4-9(2)6-12/h7-9,12H,3-6H2,1-2H3,(H,17,18). The van der Waals surface area contributed by atoms with Crippen LogP contribution in [0, 0.1) is 5.92 Å². The van der Waals surface area contributed by atoms with Gasteiger partial charge < -0.3 is 5.32 Å². The number of aromatic nitrogens is 1. The maximum Gasteiger partial charge on any atom is 0.251 e. The summed E-state index contributed by atoms with van der Waals surface area (Å²) < 4.78 is 0. The van der Waals surface area contributed by atoms with E-state index >= 15 is 0 Å². The Labute approximate surface area is 113 Å². The summed E-state index contributed by atoms with van der Waals surface area (Å²) in [6, 6.07) is 3.76. The van der Waals surface area contributed by atoms with Gasteiger partial charge in [0, 0.05) is 17.3 Å². The number of aryl methyl sites for hydroxylation is 1. The lowest BCUT2D eigenvalue weighted by Crippen LogP contribution is -2.33. The molecule has 1 aliphatic rings. The van der Waals surface area contributed by atoms with Gasteiger partial charge in [-0.25, -0.2) is 4.98 Å². The first-order valence-electron chi connectivity index (χ1n) is 6.55. The van der Waals surface area contributed by atoms with Crippen molar-refractivity contribution in [3.63, 3.8) is 0 Å². The van der Waals surface area contributed by atoms with Crippen LogP contribution in [0.2, 0.25) is 5.15 Å². The van der Waals surface area contributed by atoms with Gasteiger partial charge in [0.1, 0.15) is 5.15 Å². The van der Waals surface area contributed by atoms with Crippen LogP contribution in [0.1, 0.15) is 49.2 Å². The molecule has 1 fully saturated rings. The van der Waals surface area contributed by atoms with Gasteiger partial charge in [-0.2, -0.15) is 0 Å². The van der Waals surface area contributed by atoms with E-state index in [0.29, 0.717) is 22.7 Å². The molecule has 0 bridgehead atoms. The molecule has 1 N–H and O–H groups in total. The van der Waals surface area contributed by atoms with Gasteiger partial charge >= 0.3 is 0 Å². The first kappa shape index (κ1) is 13.3. The van der Waals surface area contributed by atoms with E-state index in [2.05, 4.69) is 17.2 Å². The average Bonchev–Trinajstić information content (AvgIpc) is 2.73. The lowest BCUT2D eigenvalue weighted by atomic mass is 10.1. The van der Waals surface area contributed by atoms with Crippen molar-refractivity contribution in [2.75, 3.05) is 0 Å². The second kappa shape index (κ2) is 5.70. The molecular formula is C14H19ClN2O. The van der Waals surface area contributed by atoms with Gasteiger partial charge in [0.15, 0.2) is 0 Å². The smallest absolute Gasteiger partial charge is 0.251 e. The molecular weight excluding hydrogens is 248 g/mol. The van der Waals surface area contributed by atoms with Crippen molar-refractivity contribution >= 4 is 17.5 Å². The van der Waals surface area contributed by atoms with E-state index in [9.17, 15) is 4.79 Å². The zero-order valence-corrected chi connectivity index (χ0v) is 11.6. The van der Waals surface area contributed by atoms with Gasteiger partial charge in [-0.15, -0.1) is 0 Å². The van der Waals surface area contributed by atoms with Crippen LogP contribution in [0.3, 0.4) is 0 Å². The number of hydrogen-bond acceptors (Lipinski definition) is 2. The molecule has 2 atom stereocenters. The summed E-state index contributed by atoms with van der Waals surface area (Å²) in [5.74, 6) is 0.677. The maximum atomic E-state index is 12.1. The Kier molecular flexibility index (Phi) is 4.23. The minimum atomic E-state index is -0.0342. The van der Waals surface area contributed by atoms with Crippen LogP contribution in [0.5, 0.6) is 0 Å². The number of carbonyl (C=O) groups excluding carboxylic acids is 1. The van der Waals surface area contributed by atoms with Gasteiger partial charge in [0.25, 0.3) is 5.91 Å². The highest BCUT2D eigenvalue weighted by Gasteiger charge is 2.23. The zero-order valence-electron chi connectivity index (χ0n) is 10.9. The molecule has 0 aliphatic heterocycles. The topological polar surface area (TPSA) is 42.0 Å². The lowest BCUT2D eigenvalue weighted by molar-refractivity contribution is 0.0937. The highest BCUT2D eigenvalue weighted by atomic mass is 35.5. The molecule has 18 heavy (non-hydrogen) atoms. The van der Waals surface area contributed by atoms with Crippen molar-refractivity contribution in [3.8, 4) is 0 Å². The van der Waals surface area contributed by atoms with Crippen LogP contribution in [0.15, 0.2) is 12.1 Å². The predicted molar refractivity (Wildman–Crippen MR) is 72.9 cm³/mol. The van der Waals surface area contributed by atoms with Crippen molar-refractivity contribution in [1.29, 1.82) is 0 Å². The number of nitrogens with one attached hydrogen (secondary N) is 1. The molecule has 98 valence electrons. The monoisotopic (exact) mass is 266 g/mol. The summed E-state index contributed by atoms with van der Waals surface area (Å²) >= 11 is 5.92. The first-order valence-corrected chi connectivity index (χ1v) is 6.93. The SMILES string of the molecule is CCc1cc(C(=O)NC2CCC(C)C2)cc(Cl)n1. The van der Waals surface area contributed by atoms with E-state index < -0.39 is 0 Å². The summed E-state index contributed by atoms with van der Waals surface area (Å²) in [6.45, 7) is 4.23. The number of amides is 1. The van der Waals surface area contributed by atoms with Gasteiger partial charge in [-0.05, 0) is 43.7 Å². The molecule has 3 nitrogen and oxygen atoms in total. The molecule has 1 aliphatic carbocycles. The lowest BCUT2D eigenvalue weighted by Gasteiger charge is -2.13. The highest BCUT2D eigenvalue weighted by molar-refractivity contribution is 6.29. The molecule has 4 heteroatoms. The Morgan fingerprint density at radius 1 is 1.50 bits per heavy atom. The van der Waals surface area contributed by atoms with E-state index in [-0.39, 0.29) is 5.91 Å². The van der Waals surface area contributed by atoms with Crippen molar-refractivity contribution in [2.45, 2.75) is 45.6 Å². The number of carbonyl (C=O) groups is 1. The van der Waals surface area contributed by atoms with Crippen LogP contribution < -0.4 is 5.32 Å². The Bertz CT molecular complexity index is 447. The Morgan fingerprint density at radius 3 is 2.89 bits per heavy atom. The molecule has 0 saturated heterocycles. The summed E-state index contributed by atoms with van der Waals surface area (Å²) in [5, 5.41) is 3.47. The third-order valence-electron chi connectivity index (χ3n) is 3.50. The molecule has 0 radical (unpaired) electrons. The third kappa shape index (κ3) is 3.22. The second-order valence-corrected chi connectivity index (χ2v) is 5.50. The minimum Gasteiger partial charge on any atom is -0.349 e. The van der Waals surface area contributed by atoms with Crippen LogP contribution in [-0.2, 0) is 6.42 Å². The van der Waals surface area contributed by atoms with Crippen molar-refractivity contribution in [1.82, 2.24) is 10.3 Å². The Hall–Kier alpha value is -1.09. The second-order valence-electron chi connectivity index (χ2n) is 5.11. The molecule has 1 amide bonds.